The Morgan fingerprint density at radius 2 is 0.736 bits per heavy atom. The second-order valence-electron chi connectivity index (χ2n) is 14.9. The molecular weight excluding hydrogens is 639 g/mol. The summed E-state index contributed by atoms with van der Waals surface area (Å²) < 4.78 is 0. The van der Waals surface area contributed by atoms with Gasteiger partial charge < -0.3 is 4.90 Å². The summed E-state index contributed by atoms with van der Waals surface area (Å²) in [7, 11) is 0. The zero-order valence-electron chi connectivity index (χ0n) is 30.0. The standard InChI is InChI=1S/C52H39N/c1-51(2)46-24-11-13-26-48(46)52(49-27-14-12-25-47(49)51)45-23-10-9-22-43(45)44-33-30-39(35-50(44)52)38-17-15-16-37(34-38)36-28-31-42(32-29-36)53(40-18-5-3-6-19-40)41-20-7-4-8-21-41/h3-35H,1-2H3. The lowest BCUT2D eigenvalue weighted by Crippen LogP contribution is -2.40. The second-order valence-corrected chi connectivity index (χ2v) is 14.9. The van der Waals surface area contributed by atoms with Crippen molar-refractivity contribution in [2.45, 2.75) is 24.7 Å². The summed E-state index contributed by atoms with van der Waals surface area (Å²) in [6.07, 6.45) is 0. The van der Waals surface area contributed by atoms with Crippen molar-refractivity contribution in [3.8, 4) is 33.4 Å². The van der Waals surface area contributed by atoms with E-state index in [9.17, 15) is 0 Å². The number of fused-ring (bicyclic) bond motifs is 9. The summed E-state index contributed by atoms with van der Waals surface area (Å²) in [5, 5.41) is 0. The average molecular weight is 678 g/mol. The van der Waals surface area contributed by atoms with Gasteiger partial charge >= 0.3 is 0 Å². The average Bonchev–Trinajstić information content (AvgIpc) is 3.52. The van der Waals surface area contributed by atoms with Crippen LogP contribution in [0.5, 0.6) is 0 Å². The molecule has 8 aromatic rings. The minimum atomic E-state index is -0.401. The second kappa shape index (κ2) is 12.1. The van der Waals surface area contributed by atoms with E-state index >= 15 is 0 Å². The SMILES string of the molecule is CC1(C)c2ccccc2C2(c3ccccc3-c3ccc(-c4cccc(-c5ccc(N(c6ccccc6)c6ccccc6)cc5)c4)cc32)c2ccccc21. The molecule has 0 aromatic heterocycles. The highest BCUT2D eigenvalue weighted by Crippen LogP contribution is 2.62. The van der Waals surface area contributed by atoms with Crippen molar-refractivity contribution in [1.29, 1.82) is 0 Å². The van der Waals surface area contributed by atoms with Crippen LogP contribution in [0.4, 0.5) is 17.1 Å². The number of nitrogens with zero attached hydrogens (tertiary/aromatic N) is 1. The number of hydrogen-bond acceptors (Lipinski definition) is 1. The Morgan fingerprint density at radius 3 is 1.34 bits per heavy atom. The highest BCUT2D eigenvalue weighted by molar-refractivity contribution is 5.90. The van der Waals surface area contributed by atoms with Crippen molar-refractivity contribution in [3.63, 3.8) is 0 Å². The number of benzene rings is 8. The van der Waals surface area contributed by atoms with Crippen molar-refractivity contribution in [2.24, 2.45) is 0 Å². The molecule has 252 valence electrons. The van der Waals surface area contributed by atoms with Gasteiger partial charge in [-0.2, -0.15) is 0 Å². The first-order chi connectivity index (χ1) is 26.0. The van der Waals surface area contributed by atoms with Crippen LogP contribution in [0.2, 0.25) is 0 Å². The maximum atomic E-state index is 2.49. The molecule has 53 heavy (non-hydrogen) atoms. The summed E-state index contributed by atoms with van der Waals surface area (Å²) >= 11 is 0. The van der Waals surface area contributed by atoms with Crippen molar-refractivity contribution in [2.75, 3.05) is 4.90 Å². The molecule has 0 heterocycles. The van der Waals surface area contributed by atoms with E-state index in [1.54, 1.807) is 0 Å². The van der Waals surface area contributed by atoms with Gasteiger partial charge in [-0.15, -0.1) is 0 Å². The molecule has 1 spiro atoms. The first-order valence-corrected chi connectivity index (χ1v) is 18.6. The normalized spacial score (nSPS) is 14.2. The largest absolute Gasteiger partial charge is 0.311 e. The van der Waals surface area contributed by atoms with Crippen molar-refractivity contribution in [1.82, 2.24) is 0 Å². The zero-order valence-corrected chi connectivity index (χ0v) is 30.0. The van der Waals surface area contributed by atoms with E-state index in [4.69, 9.17) is 0 Å². The van der Waals surface area contributed by atoms with E-state index in [1.807, 2.05) is 0 Å². The third-order valence-corrected chi connectivity index (χ3v) is 11.7. The van der Waals surface area contributed by atoms with Crippen molar-refractivity contribution in [3.05, 3.63) is 234 Å². The van der Waals surface area contributed by atoms with E-state index < -0.39 is 5.41 Å². The topological polar surface area (TPSA) is 3.24 Å². The number of hydrogen-bond donors (Lipinski definition) is 0. The van der Waals surface area contributed by atoms with Crippen LogP contribution >= 0.6 is 0 Å². The Bertz CT molecular complexity index is 2540. The van der Waals surface area contributed by atoms with Gasteiger partial charge in [0.2, 0.25) is 0 Å². The molecule has 0 fully saturated rings. The lowest BCUT2D eigenvalue weighted by atomic mass is 9.55. The Labute approximate surface area is 312 Å². The fourth-order valence-corrected chi connectivity index (χ4v) is 9.32. The molecule has 1 nitrogen and oxygen atoms in total. The molecule has 0 N–H and O–H groups in total. The fourth-order valence-electron chi connectivity index (χ4n) is 9.32. The predicted octanol–water partition coefficient (Wildman–Crippen LogP) is 13.5. The molecule has 0 atom stereocenters. The van der Waals surface area contributed by atoms with Gasteiger partial charge in [0.1, 0.15) is 0 Å². The number of anilines is 3. The molecule has 0 unspecified atom stereocenters. The van der Waals surface area contributed by atoms with E-state index in [2.05, 4.69) is 219 Å². The Morgan fingerprint density at radius 1 is 0.302 bits per heavy atom. The summed E-state index contributed by atoms with van der Waals surface area (Å²) in [5.74, 6) is 0. The van der Waals surface area contributed by atoms with E-state index in [0.717, 1.165) is 17.1 Å². The van der Waals surface area contributed by atoms with Gasteiger partial charge in [0.05, 0.1) is 5.41 Å². The molecule has 0 bridgehead atoms. The maximum absolute atomic E-state index is 2.49. The lowest BCUT2D eigenvalue weighted by molar-refractivity contribution is 0.563. The molecule has 0 amide bonds. The quantitative estimate of drug-likeness (QED) is 0.175. The number of para-hydroxylation sites is 2. The van der Waals surface area contributed by atoms with Crippen LogP contribution in [0.3, 0.4) is 0 Å². The van der Waals surface area contributed by atoms with Crippen LogP contribution < -0.4 is 4.90 Å². The van der Waals surface area contributed by atoms with Crippen LogP contribution in [0, 0.1) is 0 Å². The first-order valence-electron chi connectivity index (χ1n) is 18.6. The molecule has 0 saturated carbocycles. The van der Waals surface area contributed by atoms with E-state index in [1.165, 1.54) is 66.8 Å². The third-order valence-electron chi connectivity index (χ3n) is 11.7. The third kappa shape index (κ3) is 4.70. The van der Waals surface area contributed by atoms with E-state index in [-0.39, 0.29) is 5.41 Å². The van der Waals surface area contributed by atoms with Crippen LogP contribution in [0.1, 0.15) is 47.2 Å². The van der Waals surface area contributed by atoms with Gasteiger partial charge in [0.25, 0.3) is 0 Å². The van der Waals surface area contributed by atoms with Crippen LogP contribution in [-0.2, 0) is 10.8 Å². The summed E-state index contributed by atoms with van der Waals surface area (Å²) in [6, 6.07) is 73.7. The number of rotatable bonds is 5. The fraction of sp³-hybridized carbons (Fsp3) is 0.0769. The zero-order chi connectivity index (χ0) is 35.6. The van der Waals surface area contributed by atoms with Gasteiger partial charge in [-0.25, -0.2) is 0 Å². The molecule has 0 radical (unpaired) electrons. The molecule has 1 heteroatoms. The summed E-state index contributed by atoms with van der Waals surface area (Å²) in [4.78, 5) is 2.31. The van der Waals surface area contributed by atoms with Gasteiger partial charge in [-0.3, -0.25) is 0 Å². The molecule has 2 aliphatic carbocycles. The van der Waals surface area contributed by atoms with Crippen LogP contribution in [0.15, 0.2) is 200 Å². The van der Waals surface area contributed by atoms with Gasteiger partial charge in [0, 0.05) is 22.5 Å². The molecule has 2 aliphatic rings. The molecule has 10 rings (SSSR count). The monoisotopic (exact) mass is 677 g/mol. The molecular formula is C52H39N. The summed E-state index contributed by atoms with van der Waals surface area (Å²) in [5.41, 5.74) is 18.7. The van der Waals surface area contributed by atoms with Crippen molar-refractivity contribution < 1.29 is 0 Å². The molecule has 0 saturated heterocycles. The molecule has 0 aliphatic heterocycles. The predicted molar refractivity (Wildman–Crippen MR) is 221 cm³/mol. The summed E-state index contributed by atoms with van der Waals surface area (Å²) in [6.45, 7) is 4.77. The first kappa shape index (κ1) is 31.3. The minimum absolute atomic E-state index is 0.114. The smallest absolute Gasteiger partial charge is 0.0719 e. The van der Waals surface area contributed by atoms with Crippen LogP contribution in [0.25, 0.3) is 33.4 Å². The lowest BCUT2D eigenvalue weighted by Gasteiger charge is -2.46. The van der Waals surface area contributed by atoms with Crippen LogP contribution in [-0.4, -0.2) is 0 Å². The highest BCUT2D eigenvalue weighted by Gasteiger charge is 2.53. The highest BCUT2D eigenvalue weighted by atomic mass is 15.1. The van der Waals surface area contributed by atoms with E-state index in [0.29, 0.717) is 0 Å². The Kier molecular flexibility index (Phi) is 7.13. The van der Waals surface area contributed by atoms with Gasteiger partial charge in [0.15, 0.2) is 0 Å². The Hall–Kier alpha value is -6.44. The minimum Gasteiger partial charge on any atom is -0.311 e. The Balaban J connectivity index is 1.09. The van der Waals surface area contributed by atoms with Gasteiger partial charge in [-0.05, 0) is 115 Å². The van der Waals surface area contributed by atoms with Crippen molar-refractivity contribution >= 4 is 17.1 Å². The van der Waals surface area contributed by atoms with Gasteiger partial charge in [-0.1, -0.05) is 166 Å². The molecule has 8 aromatic carbocycles. The maximum Gasteiger partial charge on any atom is 0.0719 e.